The molecule has 0 aliphatic rings. The Morgan fingerprint density at radius 1 is 1.14 bits per heavy atom. The third-order valence-electron chi connectivity index (χ3n) is 3.54. The van der Waals surface area contributed by atoms with E-state index in [1.807, 2.05) is 56.3 Å². The Bertz CT molecular complexity index is 999. The molecular formula is C20H17BrClN3O2S. The smallest absolute Gasteiger partial charge is 0.339 e. The number of carbonyl (C=O) groups is 1. The van der Waals surface area contributed by atoms with Gasteiger partial charge in [0.25, 0.3) is 0 Å². The number of carbonyl (C=O) groups excluding carboxylic acids is 1. The standard InChI is InChI=1S/C20H17BrClN3O2S/c1-12-7-13(2)9-15(8-12)24-20(26)25-23-11-16-10-18(21)19(27-16)28-17-5-3-14(22)4-6-17/h3-11H,1-2H3,(H2,24,25,26)/b23-11+. The number of urea groups is 1. The van der Waals surface area contributed by atoms with E-state index in [1.165, 1.54) is 18.0 Å². The molecule has 0 atom stereocenters. The molecule has 3 aromatic rings. The van der Waals surface area contributed by atoms with Gasteiger partial charge in [0.1, 0.15) is 5.76 Å². The van der Waals surface area contributed by atoms with Gasteiger partial charge in [-0.3, -0.25) is 0 Å². The van der Waals surface area contributed by atoms with Gasteiger partial charge in [0.15, 0.2) is 5.09 Å². The molecule has 0 saturated heterocycles. The number of hydrogen-bond donors (Lipinski definition) is 2. The Balaban J connectivity index is 1.58. The van der Waals surface area contributed by atoms with Gasteiger partial charge in [-0.15, -0.1) is 0 Å². The van der Waals surface area contributed by atoms with E-state index >= 15 is 0 Å². The molecule has 28 heavy (non-hydrogen) atoms. The topological polar surface area (TPSA) is 66.6 Å². The van der Waals surface area contributed by atoms with E-state index in [1.54, 1.807) is 6.07 Å². The third-order valence-corrected chi connectivity index (χ3v) is 5.64. The lowest BCUT2D eigenvalue weighted by Crippen LogP contribution is -2.24. The van der Waals surface area contributed by atoms with E-state index in [4.69, 9.17) is 16.0 Å². The molecule has 8 heteroatoms. The zero-order chi connectivity index (χ0) is 20.1. The van der Waals surface area contributed by atoms with E-state index < -0.39 is 6.03 Å². The number of furan rings is 1. The van der Waals surface area contributed by atoms with E-state index in [9.17, 15) is 4.79 Å². The summed E-state index contributed by atoms with van der Waals surface area (Å²) >= 11 is 10.8. The second-order valence-corrected chi connectivity index (χ2v) is 8.38. The first-order valence-electron chi connectivity index (χ1n) is 8.30. The number of hydrazone groups is 1. The summed E-state index contributed by atoms with van der Waals surface area (Å²) in [6, 6.07) is 14.6. The van der Waals surface area contributed by atoms with Crippen LogP contribution in [0.2, 0.25) is 5.02 Å². The first-order valence-corrected chi connectivity index (χ1v) is 10.3. The van der Waals surface area contributed by atoms with Crippen molar-refractivity contribution in [1.82, 2.24) is 5.43 Å². The van der Waals surface area contributed by atoms with Gasteiger partial charge in [0.05, 0.1) is 10.7 Å². The number of amides is 2. The Kier molecular flexibility index (Phi) is 6.83. The van der Waals surface area contributed by atoms with Gasteiger partial charge >= 0.3 is 6.03 Å². The highest BCUT2D eigenvalue weighted by Gasteiger charge is 2.10. The molecule has 3 rings (SSSR count). The number of aryl methyl sites for hydroxylation is 2. The van der Waals surface area contributed by atoms with Gasteiger partial charge in [0.2, 0.25) is 0 Å². The van der Waals surface area contributed by atoms with Crippen LogP contribution >= 0.6 is 39.3 Å². The second-order valence-electron chi connectivity index (χ2n) is 6.04. The van der Waals surface area contributed by atoms with Crippen LogP contribution in [0.5, 0.6) is 0 Å². The molecule has 2 aromatic carbocycles. The van der Waals surface area contributed by atoms with Crippen LogP contribution in [0.25, 0.3) is 0 Å². The zero-order valence-corrected chi connectivity index (χ0v) is 18.3. The van der Waals surface area contributed by atoms with E-state index in [-0.39, 0.29) is 0 Å². The second kappa shape index (κ2) is 9.32. The molecule has 1 heterocycles. The maximum atomic E-state index is 12.0. The van der Waals surface area contributed by atoms with Crippen LogP contribution in [-0.2, 0) is 0 Å². The van der Waals surface area contributed by atoms with Crippen molar-refractivity contribution in [1.29, 1.82) is 0 Å². The van der Waals surface area contributed by atoms with Gasteiger partial charge < -0.3 is 9.73 Å². The van der Waals surface area contributed by atoms with E-state index in [0.717, 1.165) is 20.5 Å². The molecule has 0 aliphatic heterocycles. The van der Waals surface area contributed by atoms with Crippen LogP contribution in [0.4, 0.5) is 10.5 Å². The Morgan fingerprint density at radius 2 is 1.82 bits per heavy atom. The predicted octanol–water partition coefficient (Wildman–Crippen LogP) is 6.62. The highest BCUT2D eigenvalue weighted by atomic mass is 79.9. The van der Waals surface area contributed by atoms with Crippen LogP contribution in [0.1, 0.15) is 16.9 Å². The molecule has 0 spiro atoms. The highest BCUT2D eigenvalue weighted by Crippen LogP contribution is 2.35. The minimum Gasteiger partial charge on any atom is -0.447 e. The fourth-order valence-corrected chi connectivity index (χ4v) is 3.93. The molecule has 0 saturated carbocycles. The lowest BCUT2D eigenvalue weighted by atomic mass is 10.1. The molecular weight excluding hydrogens is 462 g/mol. The minimum atomic E-state index is -0.428. The molecule has 2 amide bonds. The first-order chi connectivity index (χ1) is 13.4. The molecule has 0 unspecified atom stereocenters. The molecule has 144 valence electrons. The molecule has 1 aromatic heterocycles. The number of benzene rings is 2. The molecule has 0 radical (unpaired) electrons. The van der Waals surface area contributed by atoms with Crippen LogP contribution in [0.3, 0.4) is 0 Å². The van der Waals surface area contributed by atoms with Gasteiger partial charge in [-0.05, 0) is 77.3 Å². The van der Waals surface area contributed by atoms with Gasteiger partial charge in [-0.2, -0.15) is 5.10 Å². The van der Waals surface area contributed by atoms with Crippen LogP contribution in [-0.4, -0.2) is 12.2 Å². The fourth-order valence-electron chi connectivity index (χ4n) is 2.47. The highest BCUT2D eigenvalue weighted by molar-refractivity contribution is 9.10. The fraction of sp³-hybridized carbons (Fsp3) is 0.100. The number of nitrogens with one attached hydrogen (secondary N) is 2. The summed E-state index contributed by atoms with van der Waals surface area (Å²) in [6.07, 6.45) is 1.44. The monoisotopic (exact) mass is 477 g/mol. The molecule has 5 nitrogen and oxygen atoms in total. The maximum absolute atomic E-state index is 12.0. The zero-order valence-electron chi connectivity index (χ0n) is 15.1. The summed E-state index contributed by atoms with van der Waals surface area (Å²) < 4.78 is 6.54. The van der Waals surface area contributed by atoms with Crippen molar-refractivity contribution in [2.45, 2.75) is 23.8 Å². The molecule has 2 N–H and O–H groups in total. The first kappa shape index (κ1) is 20.5. The predicted molar refractivity (Wildman–Crippen MR) is 118 cm³/mol. The maximum Gasteiger partial charge on any atom is 0.339 e. The summed E-state index contributed by atoms with van der Waals surface area (Å²) in [5, 5.41) is 8.04. The van der Waals surface area contributed by atoms with Crippen LogP contribution in [0, 0.1) is 13.8 Å². The lowest BCUT2D eigenvalue weighted by molar-refractivity contribution is 0.252. The normalized spacial score (nSPS) is 11.0. The number of hydrogen-bond acceptors (Lipinski definition) is 4. The Hall–Kier alpha value is -2.22. The summed E-state index contributed by atoms with van der Waals surface area (Å²) in [5.41, 5.74) is 5.29. The van der Waals surface area contributed by atoms with Crippen molar-refractivity contribution < 1.29 is 9.21 Å². The van der Waals surface area contributed by atoms with Crippen molar-refractivity contribution in [2.24, 2.45) is 5.10 Å². The lowest BCUT2D eigenvalue weighted by Gasteiger charge is -2.06. The van der Waals surface area contributed by atoms with Gasteiger partial charge in [0, 0.05) is 21.7 Å². The average molecular weight is 479 g/mol. The van der Waals surface area contributed by atoms with Gasteiger partial charge in [-0.1, -0.05) is 29.4 Å². The SMILES string of the molecule is Cc1cc(C)cc(NC(=O)N/N=C/c2cc(Br)c(Sc3ccc(Cl)cc3)o2)c1. The van der Waals surface area contributed by atoms with Crippen LogP contribution in [0.15, 0.2) is 72.5 Å². The Labute approximate surface area is 180 Å². The third kappa shape index (κ3) is 5.89. The number of rotatable bonds is 5. The number of nitrogens with zero attached hydrogens (tertiary/aromatic N) is 1. The summed E-state index contributed by atoms with van der Waals surface area (Å²) in [5.74, 6) is 0.509. The number of halogens is 2. The molecule has 0 aliphatic carbocycles. The number of anilines is 1. The average Bonchev–Trinajstić information content (AvgIpc) is 2.95. The van der Waals surface area contributed by atoms with Crippen molar-refractivity contribution in [3.05, 3.63) is 74.9 Å². The quantitative estimate of drug-likeness (QED) is 0.320. The molecule has 0 fully saturated rings. The van der Waals surface area contributed by atoms with Crippen molar-refractivity contribution >= 4 is 57.2 Å². The van der Waals surface area contributed by atoms with Crippen molar-refractivity contribution in [3.63, 3.8) is 0 Å². The molecule has 0 bridgehead atoms. The van der Waals surface area contributed by atoms with E-state index in [2.05, 4.69) is 31.8 Å². The summed E-state index contributed by atoms with van der Waals surface area (Å²) in [7, 11) is 0. The van der Waals surface area contributed by atoms with E-state index in [0.29, 0.717) is 21.6 Å². The summed E-state index contributed by atoms with van der Waals surface area (Å²) in [4.78, 5) is 13.0. The minimum absolute atomic E-state index is 0.428. The van der Waals surface area contributed by atoms with Crippen molar-refractivity contribution in [2.75, 3.05) is 5.32 Å². The van der Waals surface area contributed by atoms with Gasteiger partial charge in [-0.25, -0.2) is 10.2 Å². The summed E-state index contributed by atoms with van der Waals surface area (Å²) in [6.45, 7) is 3.95. The van der Waals surface area contributed by atoms with Crippen LogP contribution < -0.4 is 10.7 Å². The van der Waals surface area contributed by atoms with Crippen molar-refractivity contribution in [3.8, 4) is 0 Å². The largest absolute Gasteiger partial charge is 0.447 e. The Morgan fingerprint density at radius 3 is 2.50 bits per heavy atom.